The Morgan fingerprint density at radius 1 is 1.25 bits per heavy atom. The number of aryl methyl sites for hydroxylation is 2. The molecule has 8 heteroatoms. The second kappa shape index (κ2) is 7.03. The van der Waals surface area contributed by atoms with Crippen molar-refractivity contribution in [1.29, 1.82) is 0 Å². The molecule has 8 nitrogen and oxygen atoms in total. The van der Waals surface area contributed by atoms with Gasteiger partial charge in [0.05, 0.1) is 30.2 Å². The number of nitrogens with one attached hydrogen (secondary N) is 2. The summed E-state index contributed by atoms with van der Waals surface area (Å²) in [5, 5.41) is 5.91. The van der Waals surface area contributed by atoms with Crippen molar-refractivity contribution < 1.29 is 14.3 Å². The number of hydrogen-bond donors (Lipinski definition) is 2. The predicted octanol–water partition coefficient (Wildman–Crippen LogP) is 2.22. The molecular formula is C20H22N4O4. The molecule has 0 saturated heterocycles. The fourth-order valence-electron chi connectivity index (χ4n) is 3.37. The molecule has 1 aliphatic heterocycles. The zero-order valence-corrected chi connectivity index (χ0v) is 16.0. The molecule has 2 N–H and O–H groups in total. The number of carbonyl (C=O) groups excluding carboxylic acids is 1. The van der Waals surface area contributed by atoms with Crippen LogP contribution in [0.15, 0.2) is 29.1 Å². The topological polar surface area (TPSA) is 98.2 Å². The first kappa shape index (κ1) is 18.1. The van der Waals surface area contributed by atoms with Gasteiger partial charge in [-0.05, 0) is 37.6 Å². The molecule has 1 amide bonds. The number of ether oxygens (including phenoxy) is 2. The highest BCUT2D eigenvalue weighted by Gasteiger charge is 2.20. The van der Waals surface area contributed by atoms with Gasteiger partial charge in [-0.1, -0.05) is 6.07 Å². The number of aromatic amines is 1. The lowest BCUT2D eigenvalue weighted by molar-refractivity contribution is 0.0941. The molecular weight excluding hydrogens is 360 g/mol. The summed E-state index contributed by atoms with van der Waals surface area (Å²) in [4.78, 5) is 29.6. The third-order valence-corrected chi connectivity index (χ3v) is 4.81. The van der Waals surface area contributed by atoms with E-state index in [4.69, 9.17) is 9.47 Å². The molecule has 1 atom stereocenters. The minimum absolute atomic E-state index is 0.282. The molecule has 1 aromatic carbocycles. The van der Waals surface area contributed by atoms with E-state index < -0.39 is 0 Å². The lowest BCUT2D eigenvalue weighted by Crippen LogP contribution is -2.27. The van der Waals surface area contributed by atoms with Crippen LogP contribution in [-0.2, 0) is 7.05 Å². The van der Waals surface area contributed by atoms with Crippen molar-refractivity contribution in [2.45, 2.75) is 26.3 Å². The van der Waals surface area contributed by atoms with Gasteiger partial charge in [-0.3, -0.25) is 19.4 Å². The monoisotopic (exact) mass is 382 g/mol. The first-order chi connectivity index (χ1) is 13.4. The molecule has 0 radical (unpaired) electrons. The normalized spacial score (nSPS) is 14.5. The molecule has 3 heterocycles. The highest BCUT2D eigenvalue weighted by Crippen LogP contribution is 2.32. The molecule has 2 aromatic heterocycles. The van der Waals surface area contributed by atoms with Gasteiger partial charge >= 0.3 is 0 Å². The Morgan fingerprint density at radius 2 is 2.00 bits per heavy atom. The van der Waals surface area contributed by atoms with Crippen LogP contribution in [-0.4, -0.2) is 33.9 Å². The van der Waals surface area contributed by atoms with Gasteiger partial charge < -0.3 is 14.8 Å². The number of nitrogens with zero attached hydrogens (tertiary/aromatic N) is 2. The molecule has 1 aliphatic rings. The number of rotatable bonds is 3. The summed E-state index contributed by atoms with van der Waals surface area (Å²) in [7, 11) is 1.69. The maximum Gasteiger partial charge on any atom is 0.274 e. The summed E-state index contributed by atoms with van der Waals surface area (Å²) in [5.41, 5.74) is 1.99. The highest BCUT2D eigenvalue weighted by atomic mass is 16.5. The van der Waals surface area contributed by atoms with Gasteiger partial charge in [-0.15, -0.1) is 0 Å². The Morgan fingerprint density at radius 3 is 2.79 bits per heavy atom. The lowest BCUT2D eigenvalue weighted by atomic mass is 10.1. The molecule has 0 aliphatic carbocycles. The fraction of sp³-hybridized carbons (Fsp3) is 0.350. The van der Waals surface area contributed by atoms with E-state index in [0.29, 0.717) is 41.6 Å². The quantitative estimate of drug-likeness (QED) is 0.724. The Kier molecular flexibility index (Phi) is 4.54. The largest absolute Gasteiger partial charge is 0.490 e. The fourth-order valence-corrected chi connectivity index (χ4v) is 3.37. The van der Waals surface area contributed by atoms with Gasteiger partial charge in [0.15, 0.2) is 17.1 Å². The van der Waals surface area contributed by atoms with Gasteiger partial charge in [0.1, 0.15) is 0 Å². The molecule has 0 fully saturated rings. The number of pyridine rings is 1. The van der Waals surface area contributed by atoms with E-state index in [9.17, 15) is 9.59 Å². The summed E-state index contributed by atoms with van der Waals surface area (Å²) in [6.45, 7) is 4.91. The van der Waals surface area contributed by atoms with Gasteiger partial charge in [-0.25, -0.2) is 4.98 Å². The molecule has 4 rings (SSSR count). The first-order valence-corrected chi connectivity index (χ1v) is 9.21. The summed E-state index contributed by atoms with van der Waals surface area (Å²) in [6, 6.07) is 6.99. The van der Waals surface area contributed by atoms with Gasteiger partial charge in [0, 0.05) is 19.2 Å². The lowest BCUT2D eigenvalue weighted by Gasteiger charge is -2.17. The number of carbonyl (C=O) groups is 1. The standard InChI is InChI=1S/C20H22N4O4/c1-11-9-14(17-18(21-11)24(3)23-20(17)26)19(25)22-12(2)13-5-6-15-16(10-13)28-8-4-7-27-15/h5-6,9-10,12H,4,7-8H2,1-3H3,(H,22,25)(H,23,26)/t12-/m1/s1. The molecule has 28 heavy (non-hydrogen) atoms. The van der Waals surface area contributed by atoms with Crippen LogP contribution in [0.1, 0.15) is 41.0 Å². The minimum Gasteiger partial charge on any atom is -0.490 e. The summed E-state index contributed by atoms with van der Waals surface area (Å²) in [5.74, 6) is 1.06. The maximum atomic E-state index is 12.9. The SMILES string of the molecule is Cc1cc(C(=O)N[C@H](C)c2ccc3c(c2)OCCCO3)c2c(=O)[nH]n(C)c2n1. The van der Waals surface area contributed by atoms with Crippen molar-refractivity contribution in [3.05, 3.63) is 51.4 Å². The predicted molar refractivity (Wildman–Crippen MR) is 104 cm³/mol. The smallest absolute Gasteiger partial charge is 0.274 e. The Bertz CT molecular complexity index is 1120. The van der Waals surface area contributed by atoms with Crippen LogP contribution in [0.2, 0.25) is 0 Å². The number of amides is 1. The third kappa shape index (κ3) is 3.21. The Balaban J connectivity index is 1.63. The average molecular weight is 382 g/mol. The Hall–Kier alpha value is -3.29. The second-order valence-electron chi connectivity index (χ2n) is 6.96. The number of benzene rings is 1. The molecule has 0 unspecified atom stereocenters. The minimum atomic E-state index is -0.335. The van der Waals surface area contributed by atoms with Crippen molar-refractivity contribution in [3.63, 3.8) is 0 Å². The van der Waals surface area contributed by atoms with Crippen LogP contribution >= 0.6 is 0 Å². The Labute approximate surface area is 161 Å². The van der Waals surface area contributed by atoms with Crippen molar-refractivity contribution >= 4 is 16.9 Å². The molecule has 0 spiro atoms. The van der Waals surface area contributed by atoms with Gasteiger partial charge in [-0.2, -0.15) is 0 Å². The van der Waals surface area contributed by atoms with Crippen molar-refractivity contribution in [1.82, 2.24) is 20.1 Å². The zero-order valence-electron chi connectivity index (χ0n) is 16.0. The van der Waals surface area contributed by atoms with E-state index in [-0.39, 0.29) is 22.9 Å². The van der Waals surface area contributed by atoms with Gasteiger partial charge in [0.25, 0.3) is 11.5 Å². The van der Waals surface area contributed by atoms with E-state index in [1.54, 1.807) is 20.0 Å². The number of H-pyrrole nitrogens is 1. The highest BCUT2D eigenvalue weighted by molar-refractivity contribution is 6.05. The van der Waals surface area contributed by atoms with E-state index >= 15 is 0 Å². The molecule has 0 saturated carbocycles. The molecule has 3 aromatic rings. The van der Waals surface area contributed by atoms with Crippen LogP contribution in [0.4, 0.5) is 0 Å². The van der Waals surface area contributed by atoms with Crippen molar-refractivity contribution in [2.24, 2.45) is 7.05 Å². The van der Waals surface area contributed by atoms with Crippen molar-refractivity contribution in [3.8, 4) is 11.5 Å². The third-order valence-electron chi connectivity index (χ3n) is 4.81. The molecule has 0 bridgehead atoms. The zero-order chi connectivity index (χ0) is 19.8. The average Bonchev–Trinajstić information content (AvgIpc) is 2.84. The van der Waals surface area contributed by atoms with Crippen LogP contribution in [0.3, 0.4) is 0 Å². The number of hydrogen-bond acceptors (Lipinski definition) is 5. The summed E-state index contributed by atoms with van der Waals surface area (Å²) in [6.07, 6.45) is 0.833. The van der Waals surface area contributed by atoms with Crippen LogP contribution in [0, 0.1) is 6.92 Å². The van der Waals surface area contributed by atoms with Crippen LogP contribution < -0.4 is 20.3 Å². The second-order valence-corrected chi connectivity index (χ2v) is 6.96. The van der Waals surface area contributed by atoms with Crippen molar-refractivity contribution in [2.75, 3.05) is 13.2 Å². The number of aromatic nitrogens is 3. The van der Waals surface area contributed by atoms with Gasteiger partial charge in [0.2, 0.25) is 0 Å². The number of fused-ring (bicyclic) bond motifs is 2. The van der Waals surface area contributed by atoms with Crippen LogP contribution in [0.5, 0.6) is 11.5 Å². The molecule has 146 valence electrons. The first-order valence-electron chi connectivity index (χ1n) is 9.21. The summed E-state index contributed by atoms with van der Waals surface area (Å²) < 4.78 is 12.9. The van der Waals surface area contributed by atoms with E-state index in [2.05, 4.69) is 15.4 Å². The van der Waals surface area contributed by atoms with E-state index in [0.717, 1.165) is 12.0 Å². The van der Waals surface area contributed by atoms with E-state index in [1.807, 2.05) is 25.1 Å². The summed E-state index contributed by atoms with van der Waals surface area (Å²) >= 11 is 0. The van der Waals surface area contributed by atoms with E-state index in [1.165, 1.54) is 4.68 Å². The van der Waals surface area contributed by atoms with Crippen LogP contribution in [0.25, 0.3) is 11.0 Å². The maximum absolute atomic E-state index is 12.9.